The van der Waals surface area contributed by atoms with E-state index in [1.54, 1.807) is 69.3 Å². The minimum Gasteiger partial charge on any atom is -0.478 e. The molecule has 2 aromatic rings. The normalized spacial score (nSPS) is 11.2. The Kier molecular flexibility index (Phi) is 11.1. The molecule has 148 valence electrons. The number of carboxylic acids is 2. The molecule has 0 bridgehead atoms. The Balaban J connectivity index is 0.000000384. The molecule has 2 rings (SSSR count). The van der Waals surface area contributed by atoms with Crippen LogP contribution < -0.4 is 0 Å². The van der Waals surface area contributed by atoms with E-state index in [1.807, 2.05) is 0 Å². The summed E-state index contributed by atoms with van der Waals surface area (Å²) >= 11 is 6.23. The number of halogens is 2. The molecule has 0 aromatic heterocycles. The lowest BCUT2D eigenvalue weighted by Gasteiger charge is -2.19. The van der Waals surface area contributed by atoms with Gasteiger partial charge in [-0.2, -0.15) is 0 Å². The van der Waals surface area contributed by atoms with Crippen molar-refractivity contribution >= 4 is 43.8 Å². The van der Waals surface area contributed by atoms with Crippen LogP contribution in [0, 0.1) is 0 Å². The summed E-state index contributed by atoms with van der Waals surface area (Å²) in [7, 11) is 0. The average Bonchev–Trinajstić information content (AvgIpc) is 2.55. The minimum atomic E-state index is -0.944. The van der Waals surface area contributed by atoms with Crippen LogP contribution in [0.3, 0.4) is 0 Å². The minimum absolute atomic E-state index is 0.294. The molecule has 27 heavy (non-hydrogen) atoms. The molecule has 4 N–H and O–H groups in total. The first-order chi connectivity index (χ1) is 12.4. The largest absolute Gasteiger partial charge is 0.478 e. The summed E-state index contributed by atoms with van der Waals surface area (Å²) in [6, 6.07) is 13.4. The molecule has 0 amide bonds. The first kappa shape index (κ1) is 25.3. The van der Waals surface area contributed by atoms with Gasteiger partial charge >= 0.3 is 11.9 Å². The second kappa shape index (κ2) is 11.9. The summed E-state index contributed by atoms with van der Waals surface area (Å²) in [4.78, 5) is 20.8. The fourth-order valence-corrected chi connectivity index (χ4v) is 2.18. The monoisotopic (exact) mass is 504 g/mol. The van der Waals surface area contributed by atoms with Gasteiger partial charge in [-0.15, -0.1) is 0 Å². The number of aromatic carboxylic acids is 2. The summed E-state index contributed by atoms with van der Waals surface area (Å²) in [6.07, 6.45) is -0.646. The smallest absolute Gasteiger partial charge is 0.336 e. The molecular weight excluding hydrogens is 484 g/mol. The van der Waals surface area contributed by atoms with E-state index in [0.717, 1.165) is 0 Å². The Hall–Kier alpha value is -1.74. The zero-order valence-electron chi connectivity index (χ0n) is 15.1. The molecule has 0 heterocycles. The topological polar surface area (TPSA) is 115 Å². The van der Waals surface area contributed by atoms with Crippen LogP contribution in [0.2, 0.25) is 0 Å². The molecule has 0 aliphatic heterocycles. The number of rotatable bonds is 3. The van der Waals surface area contributed by atoms with E-state index in [2.05, 4.69) is 31.9 Å². The van der Waals surface area contributed by atoms with Crippen LogP contribution in [-0.2, 0) is 0 Å². The van der Waals surface area contributed by atoms with E-state index < -0.39 is 23.6 Å². The number of carboxylic acid groups (broad SMARTS) is 2. The lowest BCUT2D eigenvalue weighted by molar-refractivity contribution is -0.0375. The molecule has 0 radical (unpaired) electrons. The third kappa shape index (κ3) is 10.2. The van der Waals surface area contributed by atoms with Crippen molar-refractivity contribution in [1.29, 1.82) is 0 Å². The fraction of sp³-hybridized carbons (Fsp3) is 0.263. The molecule has 1 unspecified atom stereocenters. The first-order valence-electron chi connectivity index (χ1n) is 7.74. The number of hydrogen-bond donors (Lipinski definition) is 4. The van der Waals surface area contributed by atoms with Gasteiger partial charge in [0, 0.05) is 8.95 Å². The number of carbonyl (C=O) groups is 2. The molecule has 2 aromatic carbocycles. The Labute approximate surface area is 174 Å². The van der Waals surface area contributed by atoms with Crippen LogP contribution in [0.1, 0.15) is 41.5 Å². The highest BCUT2D eigenvalue weighted by Crippen LogP contribution is 2.15. The lowest BCUT2D eigenvalue weighted by Crippen LogP contribution is -2.32. The predicted octanol–water partition coefficient (Wildman–Crippen LogP) is 4.43. The summed E-state index contributed by atoms with van der Waals surface area (Å²) in [6.45, 7) is 4.69. The molecule has 0 saturated heterocycles. The van der Waals surface area contributed by atoms with Crippen molar-refractivity contribution < 1.29 is 30.0 Å². The maximum atomic E-state index is 10.4. The van der Waals surface area contributed by atoms with Gasteiger partial charge in [-0.1, -0.05) is 24.3 Å². The molecule has 6 nitrogen and oxygen atoms in total. The third-order valence-corrected chi connectivity index (χ3v) is 4.61. The van der Waals surface area contributed by atoms with Gasteiger partial charge in [0.25, 0.3) is 0 Å². The standard InChI is InChI=1S/2C7H5BrO2.C5H12O2/c2*8-6-4-2-1-3-5(6)7(9)10;1-4(6)5(2,3)7/h2*1-4H,(H,9,10);4,6-7H,1-3H3. The average molecular weight is 506 g/mol. The number of benzene rings is 2. The molecule has 1 atom stereocenters. The van der Waals surface area contributed by atoms with Crippen molar-refractivity contribution in [3.63, 3.8) is 0 Å². The Morgan fingerprint density at radius 1 is 0.852 bits per heavy atom. The molecule has 0 fully saturated rings. The van der Waals surface area contributed by atoms with Crippen LogP contribution >= 0.6 is 31.9 Å². The molecule has 8 heteroatoms. The number of hydrogen-bond acceptors (Lipinski definition) is 4. The molecule has 0 spiro atoms. The van der Waals surface area contributed by atoms with E-state index in [-0.39, 0.29) is 0 Å². The fourth-order valence-electron chi connectivity index (χ4n) is 1.27. The van der Waals surface area contributed by atoms with Crippen LogP contribution in [0.15, 0.2) is 57.5 Å². The van der Waals surface area contributed by atoms with E-state index >= 15 is 0 Å². The van der Waals surface area contributed by atoms with E-state index in [1.165, 1.54) is 0 Å². The van der Waals surface area contributed by atoms with Crippen molar-refractivity contribution in [3.8, 4) is 0 Å². The third-order valence-electron chi connectivity index (χ3n) is 3.23. The number of aliphatic hydroxyl groups is 2. The summed E-state index contributed by atoms with van der Waals surface area (Å²) in [5.74, 6) is -1.82. The molecular formula is C19H22Br2O6. The van der Waals surface area contributed by atoms with Crippen LogP contribution in [0.5, 0.6) is 0 Å². The Morgan fingerprint density at radius 3 is 1.26 bits per heavy atom. The summed E-state index contributed by atoms with van der Waals surface area (Å²) in [5.41, 5.74) is -0.356. The van der Waals surface area contributed by atoms with Crippen LogP contribution in [0.4, 0.5) is 0 Å². The van der Waals surface area contributed by atoms with Crippen molar-refractivity contribution in [2.75, 3.05) is 0 Å². The van der Waals surface area contributed by atoms with E-state index in [4.69, 9.17) is 20.4 Å². The zero-order chi connectivity index (χ0) is 21.2. The highest BCUT2D eigenvalue weighted by Gasteiger charge is 2.18. The van der Waals surface area contributed by atoms with Crippen molar-refractivity contribution in [2.24, 2.45) is 0 Å². The van der Waals surface area contributed by atoms with Gasteiger partial charge < -0.3 is 20.4 Å². The van der Waals surface area contributed by atoms with Gasteiger partial charge in [0.2, 0.25) is 0 Å². The summed E-state index contributed by atoms with van der Waals surface area (Å²) < 4.78 is 1.23. The van der Waals surface area contributed by atoms with Gasteiger partial charge in [-0.25, -0.2) is 9.59 Å². The van der Waals surface area contributed by atoms with E-state index in [9.17, 15) is 9.59 Å². The highest BCUT2D eigenvalue weighted by atomic mass is 79.9. The zero-order valence-corrected chi connectivity index (χ0v) is 18.2. The molecule has 0 saturated carbocycles. The second-order valence-electron chi connectivity index (χ2n) is 5.90. The Bertz CT molecular complexity index is 698. The van der Waals surface area contributed by atoms with Crippen molar-refractivity contribution in [2.45, 2.75) is 32.5 Å². The SMILES string of the molecule is CC(O)C(C)(C)O.O=C(O)c1ccccc1Br.O=C(O)c1ccccc1Br. The number of aliphatic hydroxyl groups excluding tert-OH is 1. The first-order valence-corrected chi connectivity index (χ1v) is 9.32. The van der Waals surface area contributed by atoms with Gasteiger partial charge in [-0.3, -0.25) is 0 Å². The maximum absolute atomic E-state index is 10.4. The van der Waals surface area contributed by atoms with Gasteiger partial charge in [0.05, 0.1) is 22.8 Å². The molecule has 0 aliphatic carbocycles. The van der Waals surface area contributed by atoms with Gasteiger partial charge in [0.1, 0.15) is 0 Å². The van der Waals surface area contributed by atoms with E-state index in [0.29, 0.717) is 20.1 Å². The van der Waals surface area contributed by atoms with Crippen molar-refractivity contribution in [1.82, 2.24) is 0 Å². The summed E-state index contributed by atoms with van der Waals surface area (Å²) in [5, 5.41) is 34.6. The predicted molar refractivity (Wildman–Crippen MR) is 110 cm³/mol. The quantitative estimate of drug-likeness (QED) is 0.490. The Morgan fingerprint density at radius 2 is 1.11 bits per heavy atom. The lowest BCUT2D eigenvalue weighted by atomic mass is 10.0. The highest BCUT2D eigenvalue weighted by molar-refractivity contribution is 9.10. The van der Waals surface area contributed by atoms with Crippen LogP contribution in [0.25, 0.3) is 0 Å². The van der Waals surface area contributed by atoms with Gasteiger partial charge in [0.15, 0.2) is 0 Å². The second-order valence-corrected chi connectivity index (χ2v) is 7.61. The van der Waals surface area contributed by atoms with Crippen LogP contribution in [-0.4, -0.2) is 44.1 Å². The van der Waals surface area contributed by atoms with Gasteiger partial charge in [-0.05, 0) is 76.9 Å². The maximum Gasteiger partial charge on any atom is 0.336 e. The van der Waals surface area contributed by atoms with Crippen molar-refractivity contribution in [3.05, 3.63) is 68.6 Å². The molecule has 0 aliphatic rings.